The number of aliphatic hydroxyl groups excluding tert-OH is 1. The maximum absolute atomic E-state index is 12.2. The molecule has 1 aliphatic carbocycles. The van der Waals surface area contributed by atoms with Crippen LogP contribution in [0.3, 0.4) is 0 Å². The van der Waals surface area contributed by atoms with Crippen LogP contribution in [0.1, 0.15) is 30.9 Å². The predicted octanol–water partition coefficient (Wildman–Crippen LogP) is 1.09. The highest BCUT2D eigenvalue weighted by Gasteiger charge is 2.45. The van der Waals surface area contributed by atoms with Crippen molar-refractivity contribution < 1.29 is 14.7 Å². The number of nitrogens with two attached hydrogens (primary N) is 1. The second kappa shape index (κ2) is 4.90. The summed E-state index contributed by atoms with van der Waals surface area (Å²) in [4.78, 5) is 25.6. The summed E-state index contributed by atoms with van der Waals surface area (Å²) in [5.74, 6) is -0.316. The molecule has 20 heavy (non-hydrogen) atoms. The molecule has 2 aliphatic rings. The number of amides is 2. The number of rotatable bonds is 3. The first-order valence-electron chi connectivity index (χ1n) is 6.95. The van der Waals surface area contributed by atoms with Crippen LogP contribution in [0.25, 0.3) is 0 Å². The number of nitrogen functional groups attached to an aromatic ring is 1. The van der Waals surface area contributed by atoms with E-state index in [-0.39, 0.29) is 30.2 Å². The number of carbonyl (C=O) groups is 2. The average Bonchev–Trinajstić information content (AvgIpc) is 2.89. The van der Waals surface area contributed by atoms with Crippen LogP contribution in [0.2, 0.25) is 0 Å². The lowest BCUT2D eigenvalue weighted by Crippen LogP contribution is -2.47. The second-order valence-corrected chi connectivity index (χ2v) is 5.68. The summed E-state index contributed by atoms with van der Waals surface area (Å²) in [5, 5.41) is 10.2. The van der Waals surface area contributed by atoms with E-state index in [9.17, 15) is 14.7 Å². The number of piperidine rings is 1. The smallest absolute Gasteiger partial charge is 0.232 e. The average molecular weight is 274 g/mol. The van der Waals surface area contributed by atoms with Crippen LogP contribution >= 0.6 is 0 Å². The van der Waals surface area contributed by atoms with Crippen LogP contribution in [0.4, 0.5) is 5.69 Å². The van der Waals surface area contributed by atoms with Crippen LogP contribution < -0.4 is 5.73 Å². The molecule has 1 heterocycles. The number of hydrogen-bond donors (Lipinski definition) is 2. The van der Waals surface area contributed by atoms with E-state index in [1.54, 1.807) is 24.3 Å². The van der Waals surface area contributed by atoms with Gasteiger partial charge in [0.1, 0.15) is 0 Å². The Hall–Kier alpha value is -1.88. The van der Waals surface area contributed by atoms with Gasteiger partial charge >= 0.3 is 0 Å². The number of aliphatic hydroxyl groups is 1. The van der Waals surface area contributed by atoms with Crippen molar-refractivity contribution in [2.24, 2.45) is 11.8 Å². The standard InChI is InChI=1S/C15H18N2O3/c16-12-5-3-9(4-6-12)13(18)8-17-14(19)10-1-2-11(7-10)15(17)20/h3-6,10-11,13,18H,1-2,7-8,16H2. The van der Waals surface area contributed by atoms with Gasteiger partial charge < -0.3 is 10.8 Å². The Morgan fingerprint density at radius 1 is 1.15 bits per heavy atom. The first kappa shape index (κ1) is 13.1. The predicted molar refractivity (Wildman–Crippen MR) is 73.4 cm³/mol. The molecule has 1 aromatic carbocycles. The third-order valence-electron chi connectivity index (χ3n) is 4.34. The number of anilines is 1. The Bertz CT molecular complexity index is 519. The largest absolute Gasteiger partial charge is 0.399 e. The molecule has 1 aromatic rings. The SMILES string of the molecule is Nc1ccc(C(O)CN2C(=O)C3CCC(C3)C2=O)cc1. The maximum atomic E-state index is 12.2. The Labute approximate surface area is 117 Å². The van der Waals surface area contributed by atoms with Gasteiger partial charge in [0.05, 0.1) is 12.6 Å². The van der Waals surface area contributed by atoms with E-state index in [0.29, 0.717) is 17.7 Å². The highest BCUT2D eigenvalue weighted by atomic mass is 16.3. The maximum Gasteiger partial charge on any atom is 0.232 e. The number of benzene rings is 1. The molecule has 3 unspecified atom stereocenters. The number of hydrogen-bond acceptors (Lipinski definition) is 4. The number of likely N-dealkylation sites (tertiary alicyclic amines) is 1. The summed E-state index contributed by atoms with van der Waals surface area (Å²) in [6.45, 7) is 0.0363. The third kappa shape index (κ3) is 2.18. The van der Waals surface area contributed by atoms with Crippen molar-refractivity contribution in [3.05, 3.63) is 29.8 Å². The van der Waals surface area contributed by atoms with Crippen molar-refractivity contribution in [3.8, 4) is 0 Å². The van der Waals surface area contributed by atoms with E-state index in [2.05, 4.69) is 0 Å². The molecule has 0 spiro atoms. The number of carbonyl (C=O) groups excluding carboxylic acids is 2. The van der Waals surface area contributed by atoms with Gasteiger partial charge in [0.25, 0.3) is 0 Å². The molecule has 5 nitrogen and oxygen atoms in total. The van der Waals surface area contributed by atoms with Crippen molar-refractivity contribution in [1.82, 2.24) is 4.90 Å². The summed E-state index contributed by atoms with van der Waals surface area (Å²) in [6.07, 6.45) is 1.42. The van der Waals surface area contributed by atoms with E-state index in [0.717, 1.165) is 12.8 Å². The lowest BCUT2D eigenvalue weighted by molar-refractivity contribution is -0.154. The lowest BCUT2D eigenvalue weighted by atomic mass is 9.96. The molecule has 2 amide bonds. The second-order valence-electron chi connectivity index (χ2n) is 5.68. The summed E-state index contributed by atoms with van der Waals surface area (Å²) < 4.78 is 0. The van der Waals surface area contributed by atoms with Crippen molar-refractivity contribution in [2.45, 2.75) is 25.4 Å². The molecular formula is C15H18N2O3. The monoisotopic (exact) mass is 274 g/mol. The highest BCUT2D eigenvalue weighted by Crippen LogP contribution is 2.38. The van der Waals surface area contributed by atoms with E-state index in [4.69, 9.17) is 5.73 Å². The van der Waals surface area contributed by atoms with Gasteiger partial charge in [-0.3, -0.25) is 14.5 Å². The molecule has 1 aliphatic heterocycles. The Kier molecular flexibility index (Phi) is 3.22. The van der Waals surface area contributed by atoms with Gasteiger partial charge in [-0.1, -0.05) is 12.1 Å². The van der Waals surface area contributed by atoms with Gasteiger partial charge in [0.2, 0.25) is 11.8 Å². The van der Waals surface area contributed by atoms with Crippen molar-refractivity contribution >= 4 is 17.5 Å². The summed E-state index contributed by atoms with van der Waals surface area (Å²) in [6, 6.07) is 6.82. The number of nitrogens with zero attached hydrogens (tertiary/aromatic N) is 1. The van der Waals surface area contributed by atoms with Crippen LogP contribution in [0.5, 0.6) is 0 Å². The van der Waals surface area contributed by atoms with Gasteiger partial charge in [0, 0.05) is 17.5 Å². The quantitative estimate of drug-likeness (QED) is 0.638. The van der Waals surface area contributed by atoms with Crippen LogP contribution in [0, 0.1) is 11.8 Å². The molecular weight excluding hydrogens is 256 g/mol. The fraction of sp³-hybridized carbons (Fsp3) is 0.467. The molecule has 0 aromatic heterocycles. The summed E-state index contributed by atoms with van der Waals surface area (Å²) in [5.41, 5.74) is 6.88. The number of fused-ring (bicyclic) bond motifs is 2. The van der Waals surface area contributed by atoms with Crippen LogP contribution in [-0.4, -0.2) is 28.4 Å². The highest BCUT2D eigenvalue weighted by molar-refractivity contribution is 6.00. The van der Waals surface area contributed by atoms with Gasteiger partial charge in [-0.2, -0.15) is 0 Å². The fourth-order valence-corrected chi connectivity index (χ4v) is 3.16. The first-order chi connectivity index (χ1) is 9.56. The Balaban J connectivity index is 1.75. The molecule has 0 radical (unpaired) electrons. The van der Waals surface area contributed by atoms with E-state index in [1.165, 1.54) is 4.90 Å². The Morgan fingerprint density at radius 2 is 1.70 bits per heavy atom. The number of β-amino-alcohol motifs (C(OH)–C–C–N with tert-alkyl or cyclic N) is 1. The molecule has 2 bridgehead atoms. The van der Waals surface area contributed by atoms with Crippen molar-refractivity contribution in [3.63, 3.8) is 0 Å². The van der Waals surface area contributed by atoms with Gasteiger partial charge in [-0.05, 0) is 37.0 Å². The van der Waals surface area contributed by atoms with Gasteiger partial charge in [-0.15, -0.1) is 0 Å². The van der Waals surface area contributed by atoms with Gasteiger partial charge in [0.15, 0.2) is 0 Å². The Morgan fingerprint density at radius 3 is 2.25 bits per heavy atom. The fourth-order valence-electron chi connectivity index (χ4n) is 3.16. The molecule has 1 saturated carbocycles. The molecule has 3 rings (SSSR count). The van der Waals surface area contributed by atoms with E-state index >= 15 is 0 Å². The van der Waals surface area contributed by atoms with Crippen LogP contribution in [0.15, 0.2) is 24.3 Å². The zero-order valence-electron chi connectivity index (χ0n) is 11.2. The molecule has 106 valence electrons. The van der Waals surface area contributed by atoms with Crippen LogP contribution in [-0.2, 0) is 9.59 Å². The van der Waals surface area contributed by atoms with E-state index in [1.807, 2.05) is 0 Å². The van der Waals surface area contributed by atoms with E-state index < -0.39 is 6.10 Å². The number of imide groups is 1. The lowest BCUT2D eigenvalue weighted by Gasteiger charge is -2.31. The van der Waals surface area contributed by atoms with Crippen molar-refractivity contribution in [2.75, 3.05) is 12.3 Å². The molecule has 2 fully saturated rings. The first-order valence-corrected chi connectivity index (χ1v) is 6.95. The normalized spacial score (nSPS) is 26.9. The molecule has 5 heteroatoms. The minimum atomic E-state index is -0.860. The van der Waals surface area contributed by atoms with Gasteiger partial charge in [-0.25, -0.2) is 0 Å². The van der Waals surface area contributed by atoms with Crippen molar-refractivity contribution in [1.29, 1.82) is 0 Å². The molecule has 3 N–H and O–H groups in total. The minimum absolute atomic E-state index is 0.0312. The molecule has 3 atom stereocenters. The summed E-state index contributed by atoms with van der Waals surface area (Å²) in [7, 11) is 0. The summed E-state index contributed by atoms with van der Waals surface area (Å²) >= 11 is 0. The third-order valence-corrected chi connectivity index (χ3v) is 4.34. The zero-order valence-corrected chi connectivity index (χ0v) is 11.2. The minimum Gasteiger partial charge on any atom is -0.399 e. The molecule has 1 saturated heterocycles. The topological polar surface area (TPSA) is 83.6 Å². The zero-order chi connectivity index (χ0) is 14.3.